The molecule has 0 atom stereocenters. The predicted molar refractivity (Wildman–Crippen MR) is 45.5 cm³/mol. The number of ether oxygens (including phenoxy) is 1. The highest BCUT2D eigenvalue weighted by atomic mass is 35.5. The molecule has 0 aliphatic carbocycles. The van der Waals surface area contributed by atoms with Crippen molar-refractivity contribution in [3.8, 4) is 0 Å². The molecular weight excluding hydrogens is 164 g/mol. The minimum absolute atomic E-state index is 0.0273. The summed E-state index contributed by atoms with van der Waals surface area (Å²) in [6.07, 6.45) is 2.45. The molecule has 0 fully saturated rings. The maximum atomic E-state index is 10.7. The summed E-state index contributed by atoms with van der Waals surface area (Å²) < 4.78 is 4.55. The molecule has 0 amide bonds. The number of rotatable bonds is 5. The average Bonchev–Trinajstić information content (AvgIpc) is 1.87. The Kier molecular flexibility index (Phi) is 6.33. The van der Waals surface area contributed by atoms with Gasteiger partial charge in [-0.3, -0.25) is 4.79 Å². The molecule has 0 N–H and O–H groups in total. The normalized spacial score (nSPS) is 10.2. The molecule has 0 saturated heterocycles. The molecular formula is C8H15ClO2. The van der Waals surface area contributed by atoms with E-state index in [2.05, 4.69) is 18.6 Å². The first-order valence-electron chi connectivity index (χ1n) is 3.88. The van der Waals surface area contributed by atoms with Gasteiger partial charge in [0, 0.05) is 6.42 Å². The fourth-order valence-corrected chi connectivity index (χ4v) is 0.909. The van der Waals surface area contributed by atoms with Gasteiger partial charge in [0.2, 0.25) is 0 Å². The lowest BCUT2D eigenvalue weighted by Gasteiger charge is -2.02. The summed E-state index contributed by atoms with van der Waals surface area (Å²) in [5.41, 5.74) is 0. The largest absolute Gasteiger partial charge is 0.449 e. The summed E-state index contributed by atoms with van der Waals surface area (Å²) in [5, 5.41) is 0. The summed E-state index contributed by atoms with van der Waals surface area (Å²) in [6.45, 7) is 4.26. The summed E-state index contributed by atoms with van der Waals surface area (Å²) in [5.74, 6) is 0.458. The van der Waals surface area contributed by atoms with E-state index in [0.29, 0.717) is 12.3 Å². The predicted octanol–water partition coefficient (Wildman–Crippen LogP) is 2.55. The molecule has 0 saturated carbocycles. The van der Waals surface area contributed by atoms with Gasteiger partial charge in [-0.1, -0.05) is 31.9 Å². The van der Waals surface area contributed by atoms with Crippen LogP contribution < -0.4 is 0 Å². The summed E-state index contributed by atoms with van der Waals surface area (Å²) in [7, 11) is 0. The number of hydrogen-bond donors (Lipinski definition) is 0. The van der Waals surface area contributed by atoms with Crippen molar-refractivity contribution in [2.24, 2.45) is 5.92 Å². The van der Waals surface area contributed by atoms with E-state index in [1.807, 2.05) is 0 Å². The van der Waals surface area contributed by atoms with Gasteiger partial charge in [-0.25, -0.2) is 0 Å². The molecule has 0 unspecified atom stereocenters. The van der Waals surface area contributed by atoms with Crippen molar-refractivity contribution in [3.63, 3.8) is 0 Å². The molecule has 0 rings (SSSR count). The summed E-state index contributed by atoms with van der Waals surface area (Å²) in [4.78, 5) is 10.7. The fraction of sp³-hybridized carbons (Fsp3) is 0.875. The zero-order valence-corrected chi connectivity index (χ0v) is 7.86. The molecule has 0 radical (unpaired) electrons. The first kappa shape index (κ1) is 10.8. The van der Waals surface area contributed by atoms with Gasteiger partial charge < -0.3 is 4.74 Å². The van der Waals surface area contributed by atoms with Gasteiger partial charge in [-0.05, 0) is 12.3 Å². The lowest BCUT2D eigenvalue weighted by Crippen LogP contribution is -2.02. The molecule has 0 aromatic heterocycles. The molecule has 0 aliphatic heterocycles. The van der Waals surface area contributed by atoms with Crippen LogP contribution in [0.25, 0.3) is 0 Å². The lowest BCUT2D eigenvalue weighted by molar-refractivity contribution is -0.141. The number of halogens is 1. The van der Waals surface area contributed by atoms with Crippen LogP contribution in [0.5, 0.6) is 0 Å². The van der Waals surface area contributed by atoms with Crippen molar-refractivity contribution in [3.05, 3.63) is 0 Å². The molecule has 0 aliphatic rings. The summed E-state index contributed by atoms with van der Waals surface area (Å²) >= 11 is 5.19. The third-order valence-electron chi connectivity index (χ3n) is 1.38. The Labute approximate surface area is 72.9 Å². The van der Waals surface area contributed by atoms with Gasteiger partial charge in [-0.2, -0.15) is 0 Å². The number of carbonyl (C=O) groups excluding carboxylic acids is 1. The Morgan fingerprint density at radius 2 is 2.18 bits per heavy atom. The second-order valence-electron chi connectivity index (χ2n) is 2.91. The number of hydrogen-bond acceptors (Lipinski definition) is 2. The van der Waals surface area contributed by atoms with Crippen LogP contribution in [0.15, 0.2) is 0 Å². The first-order chi connectivity index (χ1) is 5.16. The number of carbonyl (C=O) groups is 1. The van der Waals surface area contributed by atoms with Crippen molar-refractivity contribution in [1.82, 2.24) is 0 Å². The molecule has 11 heavy (non-hydrogen) atoms. The molecule has 0 bridgehead atoms. The molecule has 0 heterocycles. The van der Waals surface area contributed by atoms with E-state index in [9.17, 15) is 4.79 Å². The monoisotopic (exact) mass is 178 g/mol. The minimum atomic E-state index is -0.194. The van der Waals surface area contributed by atoms with Crippen LogP contribution in [0.4, 0.5) is 0 Å². The lowest BCUT2D eigenvalue weighted by atomic mass is 10.1. The maximum absolute atomic E-state index is 10.7. The Bertz CT molecular complexity index is 113. The van der Waals surface area contributed by atoms with Crippen LogP contribution in [0, 0.1) is 5.92 Å². The quantitative estimate of drug-likeness (QED) is 0.478. The summed E-state index contributed by atoms with van der Waals surface area (Å²) in [6, 6.07) is -0.0273. The van der Waals surface area contributed by atoms with E-state index < -0.39 is 0 Å². The molecule has 0 aromatic rings. The van der Waals surface area contributed by atoms with Gasteiger partial charge >= 0.3 is 5.97 Å². The van der Waals surface area contributed by atoms with E-state index >= 15 is 0 Å². The highest BCUT2D eigenvalue weighted by molar-refractivity contribution is 6.17. The Balaban J connectivity index is 3.17. The topological polar surface area (TPSA) is 26.3 Å². The highest BCUT2D eigenvalue weighted by Gasteiger charge is 2.01. The van der Waals surface area contributed by atoms with Crippen LogP contribution in [0.2, 0.25) is 0 Å². The van der Waals surface area contributed by atoms with Crippen LogP contribution in [-0.2, 0) is 9.53 Å². The van der Waals surface area contributed by atoms with Crippen molar-refractivity contribution < 1.29 is 9.53 Å². The zero-order valence-electron chi connectivity index (χ0n) is 7.10. The fourth-order valence-electron chi connectivity index (χ4n) is 0.788. The zero-order chi connectivity index (χ0) is 8.69. The standard InChI is InChI=1S/C8H15ClO2/c1-7(2)4-3-5-8(10)11-6-9/h7H,3-6H2,1-2H3. The van der Waals surface area contributed by atoms with Crippen molar-refractivity contribution in [1.29, 1.82) is 0 Å². The van der Waals surface area contributed by atoms with Crippen LogP contribution in [0.1, 0.15) is 33.1 Å². The van der Waals surface area contributed by atoms with Crippen LogP contribution in [0.3, 0.4) is 0 Å². The van der Waals surface area contributed by atoms with Gasteiger partial charge in [0.05, 0.1) is 0 Å². The second kappa shape index (κ2) is 6.47. The van der Waals surface area contributed by atoms with Gasteiger partial charge in [0.15, 0.2) is 6.07 Å². The third kappa shape index (κ3) is 7.66. The van der Waals surface area contributed by atoms with Gasteiger partial charge in [0.1, 0.15) is 0 Å². The maximum Gasteiger partial charge on any atom is 0.306 e. The molecule has 2 nitrogen and oxygen atoms in total. The Morgan fingerprint density at radius 1 is 1.55 bits per heavy atom. The van der Waals surface area contributed by atoms with E-state index in [4.69, 9.17) is 11.6 Å². The van der Waals surface area contributed by atoms with Crippen LogP contribution >= 0.6 is 11.6 Å². The third-order valence-corrected chi connectivity index (χ3v) is 1.49. The number of esters is 1. The smallest absolute Gasteiger partial charge is 0.306 e. The van der Waals surface area contributed by atoms with Crippen molar-refractivity contribution in [2.45, 2.75) is 33.1 Å². The Hall–Kier alpha value is -0.240. The van der Waals surface area contributed by atoms with Gasteiger partial charge in [-0.15, -0.1) is 0 Å². The second-order valence-corrected chi connectivity index (χ2v) is 3.13. The minimum Gasteiger partial charge on any atom is -0.449 e. The molecule has 0 spiro atoms. The van der Waals surface area contributed by atoms with Crippen molar-refractivity contribution in [2.75, 3.05) is 6.07 Å². The van der Waals surface area contributed by atoms with E-state index in [0.717, 1.165) is 12.8 Å². The van der Waals surface area contributed by atoms with E-state index in [-0.39, 0.29) is 12.0 Å². The molecule has 3 heteroatoms. The van der Waals surface area contributed by atoms with E-state index in [1.165, 1.54) is 0 Å². The number of alkyl halides is 1. The van der Waals surface area contributed by atoms with Crippen molar-refractivity contribution >= 4 is 17.6 Å². The average molecular weight is 179 g/mol. The first-order valence-corrected chi connectivity index (χ1v) is 4.42. The van der Waals surface area contributed by atoms with Gasteiger partial charge in [0.25, 0.3) is 0 Å². The van der Waals surface area contributed by atoms with E-state index in [1.54, 1.807) is 0 Å². The van der Waals surface area contributed by atoms with Crippen LogP contribution in [-0.4, -0.2) is 12.0 Å². The SMILES string of the molecule is CC(C)CCCC(=O)OCCl. The Morgan fingerprint density at radius 3 is 2.64 bits per heavy atom. The molecule has 0 aromatic carbocycles. The highest BCUT2D eigenvalue weighted by Crippen LogP contribution is 2.06. The molecule has 66 valence electrons.